The number of hydrogen-bond acceptors (Lipinski definition) is 4. The molecular formula is C12H18N2O3. The van der Waals surface area contributed by atoms with Crippen LogP contribution < -0.4 is 15.8 Å². The van der Waals surface area contributed by atoms with Gasteiger partial charge in [0.15, 0.2) is 6.61 Å². The summed E-state index contributed by atoms with van der Waals surface area (Å²) in [6.07, 6.45) is 0. The van der Waals surface area contributed by atoms with Crippen LogP contribution in [0, 0.1) is 0 Å². The van der Waals surface area contributed by atoms with E-state index in [1.54, 1.807) is 7.11 Å². The molecule has 1 aromatic carbocycles. The van der Waals surface area contributed by atoms with E-state index < -0.39 is 5.91 Å². The Morgan fingerprint density at radius 2 is 2.06 bits per heavy atom. The highest BCUT2D eigenvalue weighted by atomic mass is 16.5. The number of carbonyl (C=O) groups excluding carboxylic acids is 1. The van der Waals surface area contributed by atoms with Gasteiger partial charge in [-0.3, -0.25) is 4.79 Å². The molecule has 5 nitrogen and oxygen atoms in total. The van der Waals surface area contributed by atoms with Crippen LogP contribution in [0.15, 0.2) is 24.3 Å². The molecule has 0 aromatic heterocycles. The summed E-state index contributed by atoms with van der Waals surface area (Å²) in [5, 5.41) is 3.23. The van der Waals surface area contributed by atoms with E-state index in [-0.39, 0.29) is 6.61 Å². The molecule has 0 bridgehead atoms. The summed E-state index contributed by atoms with van der Waals surface area (Å²) >= 11 is 0. The maximum absolute atomic E-state index is 10.5. The van der Waals surface area contributed by atoms with E-state index >= 15 is 0 Å². The van der Waals surface area contributed by atoms with Crippen molar-refractivity contribution in [2.45, 2.75) is 6.54 Å². The van der Waals surface area contributed by atoms with E-state index in [1.807, 2.05) is 24.3 Å². The second-order valence-corrected chi connectivity index (χ2v) is 3.57. The van der Waals surface area contributed by atoms with Crippen LogP contribution in [-0.2, 0) is 16.1 Å². The van der Waals surface area contributed by atoms with E-state index in [1.165, 1.54) is 0 Å². The lowest BCUT2D eigenvalue weighted by molar-refractivity contribution is -0.119. The first-order chi connectivity index (χ1) is 8.22. The highest BCUT2D eigenvalue weighted by molar-refractivity contribution is 5.75. The van der Waals surface area contributed by atoms with Gasteiger partial charge >= 0.3 is 0 Å². The Kier molecular flexibility index (Phi) is 6.06. The zero-order chi connectivity index (χ0) is 12.5. The number of benzene rings is 1. The molecule has 0 aliphatic rings. The number of methoxy groups -OCH3 is 1. The predicted molar refractivity (Wildman–Crippen MR) is 64.7 cm³/mol. The van der Waals surface area contributed by atoms with Gasteiger partial charge in [0, 0.05) is 20.2 Å². The number of hydrogen-bond donors (Lipinski definition) is 2. The molecule has 0 saturated heterocycles. The van der Waals surface area contributed by atoms with Gasteiger partial charge in [0.1, 0.15) is 5.75 Å². The summed E-state index contributed by atoms with van der Waals surface area (Å²) in [6.45, 7) is 2.20. The number of nitrogens with two attached hydrogens (primary N) is 1. The average Bonchev–Trinajstić information content (AvgIpc) is 2.33. The van der Waals surface area contributed by atoms with Crippen molar-refractivity contribution >= 4 is 5.91 Å². The SMILES string of the molecule is COCCNCc1ccc(OCC(N)=O)cc1. The normalized spacial score (nSPS) is 10.2. The van der Waals surface area contributed by atoms with Crippen LogP contribution in [0.25, 0.3) is 0 Å². The monoisotopic (exact) mass is 238 g/mol. The van der Waals surface area contributed by atoms with E-state index in [9.17, 15) is 4.79 Å². The summed E-state index contributed by atoms with van der Waals surface area (Å²) in [6, 6.07) is 7.51. The maximum Gasteiger partial charge on any atom is 0.255 e. The smallest absolute Gasteiger partial charge is 0.255 e. The summed E-state index contributed by atoms with van der Waals surface area (Å²) in [7, 11) is 1.67. The molecule has 0 aliphatic heterocycles. The minimum Gasteiger partial charge on any atom is -0.484 e. The summed E-state index contributed by atoms with van der Waals surface area (Å²) < 4.78 is 10.1. The van der Waals surface area contributed by atoms with Crippen molar-refractivity contribution in [3.05, 3.63) is 29.8 Å². The molecule has 5 heteroatoms. The second-order valence-electron chi connectivity index (χ2n) is 3.57. The van der Waals surface area contributed by atoms with Crippen molar-refractivity contribution < 1.29 is 14.3 Å². The number of ether oxygens (including phenoxy) is 2. The lowest BCUT2D eigenvalue weighted by Gasteiger charge is -2.06. The Hall–Kier alpha value is -1.59. The lowest BCUT2D eigenvalue weighted by atomic mass is 10.2. The van der Waals surface area contributed by atoms with Gasteiger partial charge in [-0.25, -0.2) is 0 Å². The minimum absolute atomic E-state index is 0.0918. The number of primary amides is 1. The van der Waals surface area contributed by atoms with E-state index in [2.05, 4.69) is 5.32 Å². The molecule has 17 heavy (non-hydrogen) atoms. The fourth-order valence-electron chi connectivity index (χ4n) is 1.26. The van der Waals surface area contributed by atoms with Gasteiger partial charge in [-0.1, -0.05) is 12.1 Å². The van der Waals surface area contributed by atoms with Crippen LogP contribution >= 0.6 is 0 Å². The molecule has 0 aliphatic carbocycles. The number of nitrogens with one attached hydrogen (secondary N) is 1. The standard InChI is InChI=1S/C12H18N2O3/c1-16-7-6-14-8-10-2-4-11(5-3-10)17-9-12(13)15/h2-5,14H,6-9H2,1H3,(H2,13,15). The van der Waals surface area contributed by atoms with Crippen molar-refractivity contribution in [1.29, 1.82) is 0 Å². The van der Waals surface area contributed by atoms with Crippen molar-refractivity contribution in [3.63, 3.8) is 0 Å². The highest BCUT2D eigenvalue weighted by Crippen LogP contribution is 2.11. The van der Waals surface area contributed by atoms with Crippen molar-refractivity contribution in [1.82, 2.24) is 5.32 Å². The Morgan fingerprint density at radius 3 is 2.65 bits per heavy atom. The highest BCUT2D eigenvalue weighted by Gasteiger charge is 1.98. The fraction of sp³-hybridized carbons (Fsp3) is 0.417. The van der Waals surface area contributed by atoms with Gasteiger partial charge in [0.2, 0.25) is 0 Å². The molecular weight excluding hydrogens is 220 g/mol. The minimum atomic E-state index is -0.477. The molecule has 0 atom stereocenters. The molecule has 0 unspecified atom stereocenters. The van der Waals surface area contributed by atoms with Gasteiger partial charge in [-0.2, -0.15) is 0 Å². The zero-order valence-electron chi connectivity index (χ0n) is 9.94. The van der Waals surface area contributed by atoms with E-state index in [0.717, 1.165) is 18.7 Å². The third-order valence-electron chi connectivity index (χ3n) is 2.12. The molecule has 3 N–H and O–H groups in total. The maximum atomic E-state index is 10.5. The first kappa shape index (κ1) is 13.5. The van der Waals surface area contributed by atoms with Gasteiger partial charge in [-0.05, 0) is 17.7 Å². The summed E-state index contributed by atoms with van der Waals surface area (Å²) in [5.74, 6) is 0.166. The first-order valence-corrected chi connectivity index (χ1v) is 5.42. The van der Waals surface area contributed by atoms with Crippen LogP contribution in [0.2, 0.25) is 0 Å². The Labute approximate surface area is 101 Å². The molecule has 0 heterocycles. The average molecular weight is 238 g/mol. The molecule has 1 amide bonds. The van der Waals surface area contributed by atoms with Gasteiger partial charge < -0.3 is 20.5 Å². The first-order valence-electron chi connectivity index (χ1n) is 5.42. The van der Waals surface area contributed by atoms with E-state index in [0.29, 0.717) is 12.4 Å². The third-order valence-corrected chi connectivity index (χ3v) is 2.12. The molecule has 1 aromatic rings. The number of rotatable bonds is 8. The Bertz CT molecular complexity index is 338. The predicted octanol–water partition coefficient (Wildman–Crippen LogP) is 0.287. The third kappa shape index (κ3) is 5.89. The quantitative estimate of drug-likeness (QED) is 0.638. The van der Waals surface area contributed by atoms with Gasteiger partial charge in [0.25, 0.3) is 5.91 Å². The van der Waals surface area contributed by atoms with Crippen LogP contribution in [-0.4, -0.2) is 32.8 Å². The topological polar surface area (TPSA) is 73.6 Å². The van der Waals surface area contributed by atoms with E-state index in [4.69, 9.17) is 15.2 Å². The second kappa shape index (κ2) is 7.65. The molecule has 0 radical (unpaired) electrons. The van der Waals surface area contributed by atoms with Crippen LogP contribution in [0.1, 0.15) is 5.56 Å². The van der Waals surface area contributed by atoms with Crippen molar-refractivity contribution in [2.75, 3.05) is 26.9 Å². The molecule has 94 valence electrons. The van der Waals surface area contributed by atoms with Gasteiger partial charge in [-0.15, -0.1) is 0 Å². The zero-order valence-corrected chi connectivity index (χ0v) is 9.94. The van der Waals surface area contributed by atoms with Crippen molar-refractivity contribution in [3.8, 4) is 5.75 Å². The molecule has 0 spiro atoms. The van der Waals surface area contributed by atoms with Gasteiger partial charge in [0.05, 0.1) is 6.61 Å². The molecule has 0 saturated carbocycles. The fourth-order valence-corrected chi connectivity index (χ4v) is 1.26. The Morgan fingerprint density at radius 1 is 1.35 bits per heavy atom. The van der Waals surface area contributed by atoms with Crippen molar-refractivity contribution in [2.24, 2.45) is 5.73 Å². The number of carbonyl (C=O) groups is 1. The largest absolute Gasteiger partial charge is 0.484 e. The lowest BCUT2D eigenvalue weighted by Crippen LogP contribution is -2.20. The molecule has 1 rings (SSSR count). The summed E-state index contributed by atoms with van der Waals surface area (Å²) in [4.78, 5) is 10.5. The molecule has 0 fully saturated rings. The summed E-state index contributed by atoms with van der Waals surface area (Å²) in [5.41, 5.74) is 6.12. The Balaban J connectivity index is 2.31. The van der Waals surface area contributed by atoms with Crippen LogP contribution in [0.4, 0.5) is 0 Å². The van der Waals surface area contributed by atoms with Crippen LogP contribution in [0.3, 0.4) is 0 Å². The number of amides is 1. The van der Waals surface area contributed by atoms with Crippen LogP contribution in [0.5, 0.6) is 5.75 Å².